The van der Waals surface area contributed by atoms with Gasteiger partial charge in [0, 0.05) is 37.0 Å². The molecule has 2 atom stereocenters. The minimum Gasteiger partial charge on any atom is -0.342 e. The van der Waals surface area contributed by atoms with Gasteiger partial charge in [0.1, 0.15) is 0 Å². The highest BCUT2D eigenvalue weighted by Gasteiger charge is 2.43. The smallest absolute Gasteiger partial charge is 0.226 e. The van der Waals surface area contributed by atoms with Crippen LogP contribution in [0.2, 0.25) is 0 Å². The fraction of sp³-hybridized carbons (Fsp3) is 0.929. The van der Waals surface area contributed by atoms with Crippen LogP contribution < -0.4 is 0 Å². The Hall–Kier alpha value is -1.06. The summed E-state index contributed by atoms with van der Waals surface area (Å²) in [6.45, 7) is 10.4. The van der Waals surface area contributed by atoms with E-state index >= 15 is 0 Å². The molecule has 2 amide bonds. The van der Waals surface area contributed by atoms with Crippen LogP contribution in [0.5, 0.6) is 0 Å². The zero-order chi connectivity index (χ0) is 23.1. The van der Waals surface area contributed by atoms with Crippen molar-refractivity contribution in [3.8, 4) is 0 Å². The summed E-state index contributed by atoms with van der Waals surface area (Å²) in [5.41, 5.74) is 0. The van der Waals surface area contributed by atoms with Crippen molar-refractivity contribution in [2.45, 2.75) is 130 Å². The first kappa shape index (κ1) is 25.6. The summed E-state index contributed by atoms with van der Waals surface area (Å²) in [4.78, 5) is 32.5. The highest BCUT2D eigenvalue weighted by atomic mass is 16.2. The third kappa shape index (κ3) is 6.73. The summed E-state index contributed by atoms with van der Waals surface area (Å²) in [6.07, 6.45) is 16.3. The molecule has 3 fully saturated rings. The summed E-state index contributed by atoms with van der Waals surface area (Å²) in [5, 5.41) is 0. The van der Waals surface area contributed by atoms with Gasteiger partial charge in [-0.25, -0.2) is 0 Å². The molecule has 0 spiro atoms. The van der Waals surface area contributed by atoms with Crippen LogP contribution in [0.3, 0.4) is 0 Å². The van der Waals surface area contributed by atoms with Gasteiger partial charge in [0.15, 0.2) is 0 Å². The number of carbonyl (C=O) groups excluding carboxylic acids is 2. The predicted octanol–water partition coefficient (Wildman–Crippen LogP) is 6.43. The van der Waals surface area contributed by atoms with Gasteiger partial charge in [-0.1, -0.05) is 79.1 Å². The molecule has 3 rings (SSSR count). The number of hydrogen-bond donors (Lipinski definition) is 0. The lowest BCUT2D eigenvalue weighted by Crippen LogP contribution is -2.54. The van der Waals surface area contributed by atoms with Crippen LogP contribution in [-0.2, 0) is 9.59 Å². The van der Waals surface area contributed by atoms with Crippen molar-refractivity contribution in [2.24, 2.45) is 23.7 Å². The van der Waals surface area contributed by atoms with E-state index in [1.807, 2.05) is 0 Å². The largest absolute Gasteiger partial charge is 0.342 e. The first-order chi connectivity index (χ1) is 15.4. The van der Waals surface area contributed by atoms with Crippen LogP contribution in [0, 0.1) is 23.7 Å². The summed E-state index contributed by atoms with van der Waals surface area (Å²) < 4.78 is 0. The molecule has 0 N–H and O–H groups in total. The number of rotatable bonds is 8. The molecule has 32 heavy (non-hydrogen) atoms. The maximum Gasteiger partial charge on any atom is 0.226 e. The average Bonchev–Trinajstić information content (AvgIpc) is 2.79. The Kier molecular flexibility index (Phi) is 9.92. The van der Waals surface area contributed by atoms with E-state index in [2.05, 4.69) is 37.5 Å². The highest BCUT2D eigenvalue weighted by Crippen LogP contribution is 2.38. The van der Waals surface area contributed by atoms with Gasteiger partial charge in [-0.15, -0.1) is 0 Å². The first-order valence-corrected chi connectivity index (χ1v) is 14.0. The van der Waals surface area contributed by atoms with Crippen LogP contribution in [0.25, 0.3) is 0 Å². The lowest BCUT2D eigenvalue weighted by Gasteiger charge is -2.45. The standard InChI is InChI=1S/C28H50N2O2/c1-21(2)19-29(20-22(3)4)27(31)25-17-11-12-18-26(25)28(32)30(23-13-7-5-8-14-23)24-15-9-6-10-16-24/h21-26H,5-20H2,1-4H3. The Morgan fingerprint density at radius 3 is 1.38 bits per heavy atom. The van der Waals surface area contributed by atoms with Gasteiger partial charge < -0.3 is 9.80 Å². The number of hydrogen-bond acceptors (Lipinski definition) is 2. The van der Waals surface area contributed by atoms with Gasteiger partial charge in [-0.2, -0.15) is 0 Å². The van der Waals surface area contributed by atoms with Crippen molar-refractivity contribution in [2.75, 3.05) is 13.1 Å². The average molecular weight is 447 g/mol. The van der Waals surface area contributed by atoms with E-state index in [4.69, 9.17) is 0 Å². The van der Waals surface area contributed by atoms with E-state index in [1.165, 1.54) is 64.2 Å². The quantitative estimate of drug-likeness (QED) is 0.431. The van der Waals surface area contributed by atoms with Gasteiger partial charge in [-0.05, 0) is 50.4 Å². The second-order valence-corrected chi connectivity index (χ2v) is 11.9. The minimum atomic E-state index is -0.108. The highest BCUT2D eigenvalue weighted by molar-refractivity contribution is 5.88. The van der Waals surface area contributed by atoms with Crippen molar-refractivity contribution < 1.29 is 9.59 Å². The predicted molar refractivity (Wildman–Crippen MR) is 132 cm³/mol. The Bertz CT molecular complexity index is 562. The summed E-state index contributed by atoms with van der Waals surface area (Å²) in [7, 11) is 0. The van der Waals surface area contributed by atoms with Crippen molar-refractivity contribution >= 4 is 11.8 Å². The van der Waals surface area contributed by atoms with E-state index in [-0.39, 0.29) is 17.7 Å². The molecular weight excluding hydrogens is 396 g/mol. The van der Waals surface area contributed by atoms with E-state index in [1.54, 1.807) is 0 Å². The van der Waals surface area contributed by atoms with E-state index in [9.17, 15) is 9.59 Å². The first-order valence-electron chi connectivity index (χ1n) is 14.0. The topological polar surface area (TPSA) is 40.6 Å². The molecule has 0 heterocycles. The van der Waals surface area contributed by atoms with Crippen molar-refractivity contribution in [3.05, 3.63) is 0 Å². The fourth-order valence-corrected chi connectivity index (χ4v) is 6.66. The lowest BCUT2D eigenvalue weighted by atomic mass is 9.76. The Morgan fingerprint density at radius 2 is 0.969 bits per heavy atom. The maximum absolute atomic E-state index is 14.2. The Labute approximate surface area is 197 Å². The van der Waals surface area contributed by atoms with Crippen molar-refractivity contribution in [1.29, 1.82) is 0 Å². The molecule has 184 valence electrons. The van der Waals surface area contributed by atoms with Crippen molar-refractivity contribution in [3.63, 3.8) is 0 Å². The molecule has 0 saturated heterocycles. The summed E-state index contributed by atoms with van der Waals surface area (Å²) in [5.74, 6) is 1.31. The van der Waals surface area contributed by atoms with Crippen molar-refractivity contribution in [1.82, 2.24) is 9.80 Å². The van der Waals surface area contributed by atoms with Crippen LogP contribution >= 0.6 is 0 Å². The lowest BCUT2D eigenvalue weighted by molar-refractivity contribution is -0.153. The fourth-order valence-electron chi connectivity index (χ4n) is 6.66. The third-order valence-corrected chi connectivity index (χ3v) is 8.07. The van der Waals surface area contributed by atoms with E-state index in [0.717, 1.165) is 38.8 Å². The molecular formula is C28H50N2O2. The Morgan fingerprint density at radius 1 is 0.594 bits per heavy atom. The molecule has 0 bridgehead atoms. The molecule has 0 aromatic rings. The molecule has 0 aliphatic heterocycles. The molecule has 3 saturated carbocycles. The Balaban J connectivity index is 1.81. The summed E-state index contributed by atoms with van der Waals surface area (Å²) in [6, 6.07) is 0.832. The van der Waals surface area contributed by atoms with Crippen LogP contribution in [-0.4, -0.2) is 46.8 Å². The molecule has 0 radical (unpaired) electrons. The SMILES string of the molecule is CC(C)CN(CC(C)C)C(=O)C1CCCCC1C(=O)N(C1CCCCC1)C1CCCCC1. The number of carbonyl (C=O) groups is 2. The van der Waals surface area contributed by atoms with Gasteiger partial charge in [0.2, 0.25) is 11.8 Å². The molecule has 4 nitrogen and oxygen atoms in total. The monoisotopic (exact) mass is 446 g/mol. The van der Waals surface area contributed by atoms with Gasteiger partial charge in [0.05, 0.1) is 0 Å². The zero-order valence-electron chi connectivity index (χ0n) is 21.5. The van der Waals surface area contributed by atoms with E-state index in [0.29, 0.717) is 29.8 Å². The number of amides is 2. The van der Waals surface area contributed by atoms with Crippen LogP contribution in [0.4, 0.5) is 0 Å². The summed E-state index contributed by atoms with van der Waals surface area (Å²) >= 11 is 0. The number of nitrogens with zero attached hydrogens (tertiary/aromatic N) is 2. The molecule has 0 aromatic carbocycles. The van der Waals surface area contributed by atoms with Gasteiger partial charge in [-0.3, -0.25) is 9.59 Å². The molecule has 3 aliphatic carbocycles. The third-order valence-electron chi connectivity index (χ3n) is 8.07. The minimum absolute atomic E-state index is 0.0954. The van der Waals surface area contributed by atoms with Gasteiger partial charge in [0.25, 0.3) is 0 Å². The zero-order valence-corrected chi connectivity index (χ0v) is 21.5. The second-order valence-electron chi connectivity index (χ2n) is 11.9. The molecule has 3 aliphatic rings. The molecule has 4 heteroatoms. The maximum atomic E-state index is 14.2. The normalized spacial score (nSPS) is 25.8. The van der Waals surface area contributed by atoms with Crippen LogP contribution in [0.15, 0.2) is 0 Å². The van der Waals surface area contributed by atoms with E-state index < -0.39 is 0 Å². The van der Waals surface area contributed by atoms with Crippen LogP contribution in [0.1, 0.15) is 118 Å². The second kappa shape index (κ2) is 12.4. The molecule has 2 unspecified atom stereocenters. The van der Waals surface area contributed by atoms with Gasteiger partial charge >= 0.3 is 0 Å². The molecule has 0 aromatic heterocycles.